The lowest BCUT2D eigenvalue weighted by Gasteiger charge is -2.33. The quantitative estimate of drug-likeness (QED) is 0.701. The van der Waals surface area contributed by atoms with Gasteiger partial charge in [0, 0.05) is 26.2 Å². The smallest absolute Gasteiger partial charge is 0.246 e. The maximum Gasteiger partial charge on any atom is 0.246 e. The second-order valence-electron chi connectivity index (χ2n) is 5.60. The summed E-state index contributed by atoms with van der Waals surface area (Å²) in [5.41, 5.74) is 0.306. The molecule has 1 saturated heterocycles. The van der Waals surface area contributed by atoms with Crippen LogP contribution in [-0.4, -0.2) is 48.7 Å². The van der Waals surface area contributed by atoms with E-state index < -0.39 is 0 Å². The molecule has 1 fully saturated rings. The van der Waals surface area contributed by atoms with Gasteiger partial charge in [0.1, 0.15) is 0 Å². The lowest BCUT2D eigenvalue weighted by atomic mass is 9.93. The van der Waals surface area contributed by atoms with Crippen LogP contribution in [0.25, 0.3) is 0 Å². The molecule has 0 saturated carbocycles. The van der Waals surface area contributed by atoms with Crippen LogP contribution in [0.1, 0.15) is 27.2 Å². The predicted molar refractivity (Wildman–Crippen MR) is 68.4 cm³/mol. The highest BCUT2D eigenvalue weighted by molar-refractivity contribution is 5.87. The molecular weight excluding hydrogens is 216 g/mol. The summed E-state index contributed by atoms with van der Waals surface area (Å²) in [7, 11) is 0. The number of hydrogen-bond acceptors (Lipinski definition) is 3. The topological polar surface area (TPSA) is 32.8 Å². The van der Waals surface area contributed by atoms with E-state index in [1.807, 2.05) is 5.06 Å². The lowest BCUT2D eigenvalue weighted by molar-refractivity contribution is -0.182. The van der Waals surface area contributed by atoms with Crippen molar-refractivity contribution in [2.45, 2.75) is 27.2 Å². The van der Waals surface area contributed by atoms with Crippen molar-refractivity contribution in [3.05, 3.63) is 12.7 Å². The van der Waals surface area contributed by atoms with E-state index in [1.165, 1.54) is 6.08 Å². The summed E-state index contributed by atoms with van der Waals surface area (Å²) in [4.78, 5) is 18.9. The Morgan fingerprint density at radius 1 is 1.29 bits per heavy atom. The summed E-state index contributed by atoms with van der Waals surface area (Å²) in [6.45, 7) is 13.9. The van der Waals surface area contributed by atoms with Crippen LogP contribution in [0.5, 0.6) is 0 Å². The molecule has 1 amide bonds. The molecule has 1 aliphatic heterocycles. The molecule has 98 valence electrons. The van der Waals surface area contributed by atoms with E-state index in [0.717, 1.165) is 39.2 Å². The number of hydrogen-bond donors (Lipinski definition) is 0. The van der Waals surface area contributed by atoms with E-state index in [1.54, 1.807) is 4.90 Å². The maximum absolute atomic E-state index is 11.4. The predicted octanol–water partition coefficient (Wildman–Crippen LogP) is 1.68. The average molecular weight is 240 g/mol. The molecule has 0 N–H and O–H groups in total. The normalized spacial score (nSPS) is 18.2. The van der Waals surface area contributed by atoms with E-state index in [-0.39, 0.29) is 5.91 Å². The zero-order valence-corrected chi connectivity index (χ0v) is 11.2. The molecule has 0 aromatic heterocycles. The molecule has 0 spiro atoms. The van der Waals surface area contributed by atoms with Crippen molar-refractivity contribution in [3.8, 4) is 0 Å². The van der Waals surface area contributed by atoms with Gasteiger partial charge in [0.2, 0.25) is 5.91 Å². The number of carbonyl (C=O) groups is 1. The van der Waals surface area contributed by atoms with Gasteiger partial charge in [-0.1, -0.05) is 27.4 Å². The van der Waals surface area contributed by atoms with Crippen molar-refractivity contribution in [2.24, 2.45) is 5.41 Å². The first kappa shape index (κ1) is 14.2. The first-order valence-corrected chi connectivity index (χ1v) is 6.21. The molecule has 0 atom stereocenters. The Hall–Kier alpha value is -0.870. The van der Waals surface area contributed by atoms with Crippen LogP contribution in [0.2, 0.25) is 0 Å². The third-order valence-corrected chi connectivity index (χ3v) is 2.85. The fraction of sp³-hybridized carbons (Fsp3) is 0.769. The molecule has 4 heteroatoms. The zero-order chi connectivity index (χ0) is 12.9. The molecule has 4 nitrogen and oxygen atoms in total. The van der Waals surface area contributed by atoms with Crippen LogP contribution in [0.4, 0.5) is 0 Å². The summed E-state index contributed by atoms with van der Waals surface area (Å²) in [6, 6.07) is 0. The van der Waals surface area contributed by atoms with Gasteiger partial charge in [-0.05, 0) is 17.9 Å². The minimum Gasteiger partial charge on any atom is -0.336 e. The zero-order valence-electron chi connectivity index (χ0n) is 11.2. The van der Waals surface area contributed by atoms with Gasteiger partial charge in [-0.15, -0.1) is 0 Å². The largest absolute Gasteiger partial charge is 0.336 e. The number of nitrogens with zero attached hydrogens (tertiary/aromatic N) is 2. The number of hydroxylamine groups is 2. The Balaban J connectivity index is 2.19. The van der Waals surface area contributed by atoms with Gasteiger partial charge < -0.3 is 4.90 Å². The van der Waals surface area contributed by atoms with E-state index >= 15 is 0 Å². The molecule has 1 rings (SSSR count). The summed E-state index contributed by atoms with van der Waals surface area (Å²) in [5, 5.41) is 1.96. The number of amides is 1. The van der Waals surface area contributed by atoms with Crippen molar-refractivity contribution < 1.29 is 9.63 Å². The summed E-state index contributed by atoms with van der Waals surface area (Å²) < 4.78 is 0. The number of carbonyl (C=O) groups excluding carboxylic acids is 1. The summed E-state index contributed by atoms with van der Waals surface area (Å²) in [6.07, 6.45) is 2.41. The third kappa shape index (κ3) is 5.33. The molecule has 0 radical (unpaired) electrons. The Bertz CT molecular complexity index is 263. The van der Waals surface area contributed by atoms with Gasteiger partial charge >= 0.3 is 0 Å². The Kier molecular flexibility index (Phi) is 5.15. The van der Waals surface area contributed by atoms with Crippen LogP contribution in [0.15, 0.2) is 12.7 Å². The van der Waals surface area contributed by atoms with Crippen molar-refractivity contribution >= 4 is 5.91 Å². The van der Waals surface area contributed by atoms with E-state index in [0.29, 0.717) is 5.41 Å². The van der Waals surface area contributed by atoms with Crippen LogP contribution in [0.3, 0.4) is 0 Å². The maximum atomic E-state index is 11.4. The SMILES string of the molecule is C=CC(=O)N1CCN(OCCC(C)(C)C)CC1. The van der Waals surface area contributed by atoms with Gasteiger partial charge in [0.05, 0.1) is 6.61 Å². The number of rotatable bonds is 4. The monoisotopic (exact) mass is 240 g/mol. The van der Waals surface area contributed by atoms with Gasteiger partial charge in [-0.3, -0.25) is 9.63 Å². The highest BCUT2D eigenvalue weighted by Crippen LogP contribution is 2.18. The highest BCUT2D eigenvalue weighted by Gasteiger charge is 2.20. The molecule has 17 heavy (non-hydrogen) atoms. The van der Waals surface area contributed by atoms with Crippen molar-refractivity contribution in [1.29, 1.82) is 0 Å². The van der Waals surface area contributed by atoms with Crippen molar-refractivity contribution in [1.82, 2.24) is 9.96 Å². The molecule has 1 aliphatic rings. The van der Waals surface area contributed by atoms with E-state index in [9.17, 15) is 4.79 Å². The van der Waals surface area contributed by atoms with E-state index in [4.69, 9.17) is 4.84 Å². The van der Waals surface area contributed by atoms with Crippen LogP contribution < -0.4 is 0 Å². The fourth-order valence-electron chi connectivity index (χ4n) is 1.65. The molecule has 0 aromatic carbocycles. The minimum absolute atomic E-state index is 0.0133. The first-order chi connectivity index (χ1) is 7.92. The standard InChI is InChI=1S/C13H24N2O2/c1-5-12(16)14-7-9-15(10-8-14)17-11-6-13(2,3)4/h5H,1,6-11H2,2-4H3. The van der Waals surface area contributed by atoms with Crippen molar-refractivity contribution in [3.63, 3.8) is 0 Å². The molecule has 0 bridgehead atoms. The van der Waals surface area contributed by atoms with Gasteiger partial charge in [0.15, 0.2) is 0 Å². The second-order valence-corrected chi connectivity index (χ2v) is 5.60. The Labute approximate surface area is 104 Å². The van der Waals surface area contributed by atoms with Gasteiger partial charge in [0.25, 0.3) is 0 Å². The highest BCUT2D eigenvalue weighted by atomic mass is 16.7. The van der Waals surface area contributed by atoms with E-state index in [2.05, 4.69) is 27.4 Å². The summed E-state index contributed by atoms with van der Waals surface area (Å²) in [5.74, 6) is 0.0133. The Morgan fingerprint density at radius 3 is 2.35 bits per heavy atom. The summed E-state index contributed by atoms with van der Waals surface area (Å²) >= 11 is 0. The van der Waals surface area contributed by atoms with Gasteiger partial charge in [-0.25, -0.2) is 0 Å². The van der Waals surface area contributed by atoms with Crippen LogP contribution >= 0.6 is 0 Å². The van der Waals surface area contributed by atoms with Crippen molar-refractivity contribution in [2.75, 3.05) is 32.8 Å². The Morgan fingerprint density at radius 2 is 1.88 bits per heavy atom. The molecule has 1 heterocycles. The molecular formula is C13H24N2O2. The molecule has 0 aromatic rings. The van der Waals surface area contributed by atoms with Crippen LogP contribution in [-0.2, 0) is 9.63 Å². The minimum atomic E-state index is 0.0133. The number of piperazine rings is 1. The first-order valence-electron chi connectivity index (χ1n) is 6.21. The van der Waals surface area contributed by atoms with Crippen LogP contribution in [0, 0.1) is 5.41 Å². The van der Waals surface area contributed by atoms with Gasteiger partial charge in [-0.2, -0.15) is 5.06 Å². The molecule has 0 unspecified atom stereocenters. The fourth-order valence-corrected chi connectivity index (χ4v) is 1.65. The third-order valence-electron chi connectivity index (χ3n) is 2.85. The molecule has 0 aliphatic carbocycles. The average Bonchev–Trinajstić information content (AvgIpc) is 2.27. The lowest BCUT2D eigenvalue weighted by Crippen LogP contribution is -2.48. The second kappa shape index (κ2) is 6.17.